The van der Waals surface area contributed by atoms with Crippen LogP contribution in [-0.2, 0) is 16.1 Å². The topological polar surface area (TPSA) is 91.8 Å². The van der Waals surface area contributed by atoms with E-state index in [0.717, 1.165) is 31.5 Å². The predicted octanol–water partition coefficient (Wildman–Crippen LogP) is 1.36. The molecule has 8 nitrogen and oxygen atoms in total. The molecular weight excluding hydrogens is 372 g/mol. The van der Waals surface area contributed by atoms with E-state index in [0.29, 0.717) is 23.5 Å². The van der Waals surface area contributed by atoms with Crippen LogP contribution in [0.2, 0.25) is 0 Å². The zero-order valence-electron chi connectivity index (χ0n) is 16.0. The third-order valence-electron chi connectivity index (χ3n) is 5.06. The Morgan fingerprint density at radius 2 is 2.00 bits per heavy atom. The van der Waals surface area contributed by atoms with Crippen molar-refractivity contribution in [1.82, 2.24) is 15.2 Å². The maximum absolute atomic E-state index is 12.7. The number of rotatable bonds is 5. The van der Waals surface area contributed by atoms with E-state index >= 15 is 0 Å². The van der Waals surface area contributed by atoms with Crippen LogP contribution in [0.4, 0.5) is 5.69 Å². The lowest BCUT2D eigenvalue weighted by Crippen LogP contribution is -2.45. The van der Waals surface area contributed by atoms with Gasteiger partial charge in [-0.15, -0.1) is 0 Å². The Balaban J connectivity index is 1.49. The Morgan fingerprint density at radius 1 is 1.17 bits per heavy atom. The molecule has 1 aromatic heterocycles. The molecule has 0 bridgehead atoms. The van der Waals surface area contributed by atoms with Gasteiger partial charge in [0.25, 0.3) is 11.8 Å². The highest BCUT2D eigenvalue weighted by atomic mass is 16.5. The van der Waals surface area contributed by atoms with Crippen molar-refractivity contribution < 1.29 is 19.1 Å². The van der Waals surface area contributed by atoms with Crippen LogP contribution in [0, 0.1) is 0 Å². The molecule has 3 heterocycles. The van der Waals surface area contributed by atoms with Crippen LogP contribution in [0.15, 0.2) is 42.7 Å². The van der Waals surface area contributed by atoms with Gasteiger partial charge in [0.2, 0.25) is 5.91 Å². The summed E-state index contributed by atoms with van der Waals surface area (Å²) in [7, 11) is 0. The summed E-state index contributed by atoms with van der Waals surface area (Å²) in [5, 5.41) is 2.79. The average Bonchev–Trinajstić information content (AvgIpc) is 3.29. The van der Waals surface area contributed by atoms with E-state index in [1.165, 1.54) is 4.90 Å². The molecule has 1 N–H and O–H groups in total. The molecule has 0 radical (unpaired) electrons. The fourth-order valence-corrected chi connectivity index (χ4v) is 3.51. The van der Waals surface area contributed by atoms with Crippen LogP contribution in [0.3, 0.4) is 0 Å². The van der Waals surface area contributed by atoms with Crippen molar-refractivity contribution in [2.24, 2.45) is 0 Å². The highest BCUT2D eigenvalue weighted by Crippen LogP contribution is 2.33. The first-order chi connectivity index (χ1) is 14.1. The Bertz CT molecular complexity index is 926. The minimum Gasteiger partial charge on any atom is -0.482 e. The minimum absolute atomic E-state index is 0.0655. The number of likely N-dealkylation sites (tertiary alicyclic amines) is 1. The number of ether oxygens (including phenoxy) is 1. The lowest BCUT2D eigenvalue weighted by Gasteiger charge is -2.29. The summed E-state index contributed by atoms with van der Waals surface area (Å²) in [5.74, 6) is -0.196. The third kappa shape index (κ3) is 4.21. The highest BCUT2D eigenvalue weighted by molar-refractivity contribution is 6.04. The molecule has 4 rings (SSSR count). The molecule has 29 heavy (non-hydrogen) atoms. The van der Waals surface area contributed by atoms with Gasteiger partial charge in [0, 0.05) is 37.6 Å². The van der Waals surface area contributed by atoms with Crippen molar-refractivity contribution in [2.75, 3.05) is 31.1 Å². The second kappa shape index (κ2) is 8.30. The molecule has 1 fully saturated rings. The lowest BCUT2D eigenvalue weighted by molar-refractivity contribution is -0.125. The number of carbonyl (C=O) groups is 3. The van der Waals surface area contributed by atoms with E-state index < -0.39 is 0 Å². The molecule has 2 aliphatic heterocycles. The normalized spacial score (nSPS) is 15.7. The monoisotopic (exact) mass is 394 g/mol. The van der Waals surface area contributed by atoms with Crippen LogP contribution in [0.1, 0.15) is 28.8 Å². The fraction of sp³-hybridized carbons (Fsp3) is 0.333. The van der Waals surface area contributed by atoms with E-state index in [-0.39, 0.29) is 30.9 Å². The molecule has 0 spiro atoms. The summed E-state index contributed by atoms with van der Waals surface area (Å²) in [6, 6.07) is 8.68. The Labute approximate surface area is 168 Å². The maximum Gasteiger partial charge on any atom is 0.265 e. The van der Waals surface area contributed by atoms with E-state index in [9.17, 15) is 14.4 Å². The van der Waals surface area contributed by atoms with E-state index in [4.69, 9.17) is 4.74 Å². The quantitative estimate of drug-likeness (QED) is 0.827. The van der Waals surface area contributed by atoms with Crippen molar-refractivity contribution in [2.45, 2.75) is 19.4 Å². The first kappa shape index (κ1) is 18.9. The van der Waals surface area contributed by atoms with Gasteiger partial charge in [0.15, 0.2) is 6.61 Å². The van der Waals surface area contributed by atoms with Gasteiger partial charge in [-0.3, -0.25) is 24.3 Å². The van der Waals surface area contributed by atoms with Gasteiger partial charge in [0.1, 0.15) is 12.3 Å². The molecule has 1 aromatic carbocycles. The van der Waals surface area contributed by atoms with Crippen molar-refractivity contribution in [3.8, 4) is 5.75 Å². The van der Waals surface area contributed by atoms with Crippen LogP contribution in [-0.4, -0.2) is 53.8 Å². The summed E-state index contributed by atoms with van der Waals surface area (Å²) in [6.45, 7) is 1.53. The van der Waals surface area contributed by atoms with E-state index in [1.54, 1.807) is 41.6 Å². The number of hydrogen-bond donors (Lipinski definition) is 1. The van der Waals surface area contributed by atoms with Gasteiger partial charge in [0.05, 0.1) is 5.69 Å². The number of hydrogen-bond acceptors (Lipinski definition) is 5. The molecule has 2 aromatic rings. The second-order valence-electron chi connectivity index (χ2n) is 7.09. The number of carbonyl (C=O) groups excluding carboxylic acids is 3. The van der Waals surface area contributed by atoms with Gasteiger partial charge in [-0.05, 0) is 42.7 Å². The lowest BCUT2D eigenvalue weighted by atomic mass is 10.1. The maximum atomic E-state index is 12.7. The highest BCUT2D eigenvalue weighted by Gasteiger charge is 2.29. The first-order valence-electron chi connectivity index (χ1n) is 9.64. The minimum atomic E-state index is -0.320. The number of benzene rings is 1. The summed E-state index contributed by atoms with van der Waals surface area (Å²) < 4.78 is 5.48. The van der Waals surface area contributed by atoms with Crippen LogP contribution >= 0.6 is 0 Å². The molecule has 3 amide bonds. The summed E-state index contributed by atoms with van der Waals surface area (Å²) in [4.78, 5) is 44.7. The summed E-state index contributed by atoms with van der Waals surface area (Å²) >= 11 is 0. The molecule has 0 unspecified atom stereocenters. The number of amides is 3. The summed E-state index contributed by atoms with van der Waals surface area (Å²) in [5.41, 5.74) is 1.81. The smallest absolute Gasteiger partial charge is 0.265 e. The average molecular weight is 394 g/mol. The third-order valence-corrected chi connectivity index (χ3v) is 5.06. The van der Waals surface area contributed by atoms with Gasteiger partial charge in [-0.2, -0.15) is 0 Å². The van der Waals surface area contributed by atoms with Crippen LogP contribution < -0.4 is 15.0 Å². The molecule has 0 atom stereocenters. The number of nitrogens with one attached hydrogen (secondary N) is 1. The molecular formula is C21H22N4O4. The number of anilines is 1. The second-order valence-corrected chi connectivity index (χ2v) is 7.09. The molecule has 0 saturated carbocycles. The zero-order valence-corrected chi connectivity index (χ0v) is 16.0. The standard InChI is InChI=1S/C21H22N4O4/c26-19(23-12-15-4-3-7-22-11-15)13-25-17-10-16(21(28)24-8-1-2-9-24)5-6-18(17)29-14-20(25)27/h3-7,10-11H,1-2,8-9,12-14H2,(H,23,26). The van der Waals surface area contributed by atoms with Gasteiger partial charge < -0.3 is 15.0 Å². The largest absolute Gasteiger partial charge is 0.482 e. The molecule has 0 aliphatic carbocycles. The molecule has 8 heteroatoms. The van der Waals surface area contributed by atoms with E-state index in [2.05, 4.69) is 10.3 Å². The Kier molecular flexibility index (Phi) is 5.41. The van der Waals surface area contributed by atoms with Gasteiger partial charge >= 0.3 is 0 Å². The predicted molar refractivity (Wildman–Crippen MR) is 106 cm³/mol. The van der Waals surface area contributed by atoms with Crippen LogP contribution in [0.5, 0.6) is 5.75 Å². The van der Waals surface area contributed by atoms with Crippen molar-refractivity contribution in [3.63, 3.8) is 0 Å². The first-order valence-corrected chi connectivity index (χ1v) is 9.64. The van der Waals surface area contributed by atoms with Gasteiger partial charge in [-0.1, -0.05) is 6.07 Å². The van der Waals surface area contributed by atoms with Crippen molar-refractivity contribution in [3.05, 3.63) is 53.9 Å². The Morgan fingerprint density at radius 3 is 2.76 bits per heavy atom. The molecule has 1 saturated heterocycles. The number of pyridine rings is 1. The fourth-order valence-electron chi connectivity index (χ4n) is 3.51. The van der Waals surface area contributed by atoms with E-state index in [1.807, 2.05) is 6.07 Å². The molecule has 150 valence electrons. The number of aromatic nitrogens is 1. The number of fused-ring (bicyclic) bond motifs is 1. The van der Waals surface area contributed by atoms with Gasteiger partial charge in [-0.25, -0.2) is 0 Å². The zero-order chi connectivity index (χ0) is 20.2. The molecule has 2 aliphatic rings. The van der Waals surface area contributed by atoms with Crippen molar-refractivity contribution in [1.29, 1.82) is 0 Å². The number of nitrogens with zero attached hydrogens (tertiary/aromatic N) is 3. The van der Waals surface area contributed by atoms with Crippen LogP contribution in [0.25, 0.3) is 0 Å². The van der Waals surface area contributed by atoms with Crippen molar-refractivity contribution >= 4 is 23.4 Å². The SMILES string of the molecule is O=C(CN1C(=O)COc2ccc(C(=O)N3CCCC3)cc21)NCc1cccnc1. The Hall–Kier alpha value is -3.42. The summed E-state index contributed by atoms with van der Waals surface area (Å²) in [6.07, 6.45) is 5.34.